The Bertz CT molecular complexity index is 975. The van der Waals surface area contributed by atoms with Crippen LogP contribution in [0.5, 0.6) is 0 Å². The summed E-state index contributed by atoms with van der Waals surface area (Å²) >= 11 is 12.1. The van der Waals surface area contributed by atoms with E-state index in [0.29, 0.717) is 19.8 Å². The smallest absolute Gasteiger partial charge is 0.550 e. The van der Waals surface area contributed by atoms with Gasteiger partial charge in [0, 0.05) is 44.0 Å². The molecule has 1 atom stereocenters. The van der Waals surface area contributed by atoms with Crippen LogP contribution < -0.4 is 34.7 Å². The molecule has 1 heterocycles. The van der Waals surface area contributed by atoms with Gasteiger partial charge >= 0.3 is 29.6 Å². The molecule has 0 saturated carbocycles. The Morgan fingerprint density at radius 3 is 2.29 bits per heavy atom. The quantitative estimate of drug-likeness (QED) is 0.358. The number of allylic oxidation sites excluding steroid dienone is 1. The van der Waals surface area contributed by atoms with Crippen molar-refractivity contribution in [2.24, 2.45) is 5.92 Å². The number of methoxy groups -OCH3 is 1. The van der Waals surface area contributed by atoms with Crippen LogP contribution in [0.15, 0.2) is 48.5 Å². The Labute approximate surface area is 232 Å². The van der Waals surface area contributed by atoms with Crippen LogP contribution in [0.2, 0.25) is 10.0 Å². The minimum Gasteiger partial charge on any atom is -0.550 e. The Morgan fingerprint density at radius 2 is 1.74 bits per heavy atom. The summed E-state index contributed by atoms with van der Waals surface area (Å²) in [6.45, 7) is 2.07. The predicted molar refractivity (Wildman–Crippen MR) is 128 cm³/mol. The van der Waals surface area contributed by atoms with E-state index < -0.39 is 17.7 Å². The third-order valence-corrected chi connectivity index (χ3v) is 6.76. The molecule has 2 aromatic carbocycles. The summed E-state index contributed by atoms with van der Waals surface area (Å²) in [7, 11) is 1.71. The van der Waals surface area contributed by atoms with Gasteiger partial charge in [-0.3, -0.25) is 4.79 Å². The third-order valence-electron chi connectivity index (χ3n) is 6.13. The van der Waals surface area contributed by atoms with E-state index in [2.05, 4.69) is 12.1 Å². The first-order valence-corrected chi connectivity index (χ1v) is 11.6. The molecule has 0 aliphatic carbocycles. The van der Waals surface area contributed by atoms with E-state index >= 15 is 0 Å². The number of Topliss-reactive ketones (excluding diaryl/α,β-unsaturated/α-hetero) is 1. The number of aliphatic carboxylic acids is 1. The number of carbonyl (C=O) groups is 2. The second-order valence-corrected chi connectivity index (χ2v) is 9.14. The van der Waals surface area contributed by atoms with Crippen LogP contribution >= 0.6 is 23.2 Å². The van der Waals surface area contributed by atoms with Gasteiger partial charge in [0.1, 0.15) is 0 Å². The Hall–Kier alpha value is -1.18. The fourth-order valence-electron chi connectivity index (χ4n) is 4.22. The molecular formula is C26H27Cl2NaO5. The number of hydrogen-bond donors (Lipinski definition) is 0. The monoisotopic (exact) mass is 512 g/mol. The SMILES string of the molecule is COCC1(c2ccc(/C=C/CC(CC(=O)c3c(Cl)cccc3Cl)C(=O)[O-])cc2)CCOCC1.[Na+]. The van der Waals surface area contributed by atoms with Gasteiger partial charge in [0.05, 0.1) is 22.2 Å². The maximum absolute atomic E-state index is 12.6. The van der Waals surface area contributed by atoms with E-state index in [4.69, 9.17) is 32.7 Å². The normalized spacial score (nSPS) is 16.1. The van der Waals surface area contributed by atoms with Crippen molar-refractivity contribution in [2.45, 2.75) is 31.1 Å². The number of carboxylic acids is 1. The van der Waals surface area contributed by atoms with Gasteiger partial charge < -0.3 is 19.4 Å². The molecule has 8 heteroatoms. The number of hydrogen-bond acceptors (Lipinski definition) is 5. The van der Waals surface area contributed by atoms with Gasteiger partial charge in [-0.25, -0.2) is 0 Å². The van der Waals surface area contributed by atoms with E-state index in [-0.39, 0.29) is 63.4 Å². The number of carboxylic acid groups (broad SMARTS) is 1. The van der Waals surface area contributed by atoms with E-state index in [9.17, 15) is 14.7 Å². The van der Waals surface area contributed by atoms with Crippen molar-refractivity contribution >= 4 is 41.0 Å². The molecule has 2 aromatic rings. The van der Waals surface area contributed by atoms with Crippen LogP contribution in [0.4, 0.5) is 0 Å². The molecule has 0 radical (unpaired) electrons. The van der Waals surface area contributed by atoms with Gasteiger partial charge in [-0.2, -0.15) is 0 Å². The number of benzene rings is 2. The minimum atomic E-state index is -1.28. The van der Waals surface area contributed by atoms with Crippen LogP contribution in [0.25, 0.3) is 6.08 Å². The molecule has 0 N–H and O–H groups in total. The number of halogens is 2. The van der Waals surface area contributed by atoms with E-state index in [1.165, 1.54) is 5.56 Å². The summed E-state index contributed by atoms with van der Waals surface area (Å²) < 4.78 is 11.0. The molecule has 1 aliphatic heterocycles. The van der Waals surface area contributed by atoms with E-state index in [0.717, 1.165) is 18.4 Å². The topological polar surface area (TPSA) is 75.7 Å². The van der Waals surface area contributed by atoms with Gasteiger partial charge in [0.2, 0.25) is 0 Å². The van der Waals surface area contributed by atoms with Crippen LogP contribution in [-0.4, -0.2) is 38.7 Å². The van der Waals surface area contributed by atoms with Crippen molar-refractivity contribution in [3.8, 4) is 0 Å². The summed E-state index contributed by atoms with van der Waals surface area (Å²) in [6.07, 6.45) is 5.33. The van der Waals surface area contributed by atoms with Gasteiger partial charge in [0.25, 0.3) is 0 Å². The molecule has 0 aromatic heterocycles. The van der Waals surface area contributed by atoms with Crippen LogP contribution in [0, 0.1) is 5.92 Å². The summed E-state index contributed by atoms with van der Waals surface area (Å²) in [6, 6.07) is 12.9. The van der Waals surface area contributed by atoms with Crippen molar-refractivity contribution in [1.29, 1.82) is 0 Å². The Morgan fingerprint density at radius 1 is 1.12 bits per heavy atom. The zero-order valence-corrected chi connectivity index (χ0v) is 23.0. The molecule has 1 aliphatic rings. The molecule has 5 nitrogen and oxygen atoms in total. The third kappa shape index (κ3) is 7.41. The summed E-state index contributed by atoms with van der Waals surface area (Å²) in [5.41, 5.74) is 2.25. The first-order chi connectivity index (χ1) is 15.9. The average Bonchev–Trinajstić information content (AvgIpc) is 2.79. The molecule has 176 valence electrons. The maximum atomic E-state index is 12.6. The molecule has 34 heavy (non-hydrogen) atoms. The molecule has 3 rings (SSSR count). The first-order valence-electron chi connectivity index (χ1n) is 10.9. The fourth-order valence-corrected chi connectivity index (χ4v) is 4.83. The van der Waals surface area contributed by atoms with E-state index in [1.807, 2.05) is 18.2 Å². The van der Waals surface area contributed by atoms with Gasteiger partial charge in [-0.15, -0.1) is 0 Å². The molecule has 1 fully saturated rings. The largest absolute Gasteiger partial charge is 1.00 e. The Balaban J connectivity index is 0.00000408. The van der Waals surface area contributed by atoms with Crippen molar-refractivity contribution in [2.75, 3.05) is 26.9 Å². The van der Waals surface area contributed by atoms with Crippen molar-refractivity contribution in [3.63, 3.8) is 0 Å². The molecule has 1 unspecified atom stereocenters. The summed E-state index contributed by atoms with van der Waals surface area (Å²) in [5.74, 6) is -2.68. The van der Waals surface area contributed by atoms with Crippen molar-refractivity contribution < 1.29 is 53.7 Å². The van der Waals surface area contributed by atoms with Crippen LogP contribution in [0.3, 0.4) is 0 Å². The van der Waals surface area contributed by atoms with Crippen molar-refractivity contribution in [1.82, 2.24) is 0 Å². The zero-order chi connectivity index (χ0) is 23.8. The van der Waals surface area contributed by atoms with Crippen LogP contribution in [0.1, 0.15) is 47.2 Å². The summed E-state index contributed by atoms with van der Waals surface area (Å²) in [4.78, 5) is 24.2. The molecule has 0 amide bonds. The second kappa shape index (κ2) is 13.8. The second-order valence-electron chi connectivity index (χ2n) is 8.33. The first kappa shape index (κ1) is 29.1. The van der Waals surface area contributed by atoms with Gasteiger partial charge in [-0.05, 0) is 42.5 Å². The number of carbonyl (C=O) groups excluding carboxylic acids is 2. The minimum absolute atomic E-state index is 0. The molecule has 0 spiro atoms. The predicted octanol–water partition coefficient (Wildman–Crippen LogP) is 1.73. The summed E-state index contributed by atoms with van der Waals surface area (Å²) in [5, 5.41) is 12.0. The van der Waals surface area contributed by atoms with Gasteiger partial charge in [0.15, 0.2) is 5.78 Å². The standard InChI is InChI=1S/C26H28Cl2O5.Na/c1-32-17-26(12-14-33-15-13-26)20-10-8-18(9-11-20)4-2-5-19(25(30)31)16-23(29)24-21(27)6-3-7-22(24)28;/h2-4,6-11,19H,5,12-17H2,1H3,(H,30,31);/q;+1/p-1/b4-2+;. The molecule has 0 bridgehead atoms. The maximum Gasteiger partial charge on any atom is 1.00 e. The van der Waals surface area contributed by atoms with Crippen molar-refractivity contribution in [3.05, 3.63) is 75.3 Å². The molecule has 1 saturated heterocycles. The van der Waals surface area contributed by atoms with E-state index in [1.54, 1.807) is 31.4 Å². The number of ketones is 1. The van der Waals surface area contributed by atoms with Gasteiger partial charge in [-0.1, -0.05) is 65.7 Å². The average molecular weight is 513 g/mol. The Kier molecular flexibility index (Phi) is 11.8. The zero-order valence-electron chi connectivity index (χ0n) is 19.5. The molecular weight excluding hydrogens is 486 g/mol. The van der Waals surface area contributed by atoms with Crippen LogP contribution in [-0.2, 0) is 19.7 Å². The number of rotatable bonds is 10. The fraction of sp³-hybridized carbons (Fsp3) is 0.385. The number of ether oxygens (including phenoxy) is 2.